The second-order valence-electron chi connectivity index (χ2n) is 7.60. The Bertz CT molecular complexity index is 1330. The lowest BCUT2D eigenvalue weighted by atomic mass is 10.0. The molecule has 4 aromatic rings. The molecule has 0 aromatic heterocycles. The highest BCUT2D eigenvalue weighted by Gasteiger charge is 2.19. The maximum atomic E-state index is 13.6. The van der Waals surface area contributed by atoms with E-state index in [-0.39, 0.29) is 11.7 Å². The molecule has 0 spiro atoms. The van der Waals surface area contributed by atoms with Crippen LogP contribution in [0.15, 0.2) is 97.1 Å². The summed E-state index contributed by atoms with van der Waals surface area (Å²) in [6.07, 6.45) is 1.01. The molecule has 1 amide bonds. The molecule has 0 bridgehead atoms. The summed E-state index contributed by atoms with van der Waals surface area (Å²) >= 11 is 0. The van der Waals surface area contributed by atoms with Crippen molar-refractivity contribution in [3.8, 4) is 5.75 Å². The van der Waals surface area contributed by atoms with Gasteiger partial charge in [-0.2, -0.15) is 8.42 Å². The van der Waals surface area contributed by atoms with Crippen molar-refractivity contribution in [2.75, 3.05) is 6.26 Å². The highest BCUT2D eigenvalue weighted by Crippen LogP contribution is 2.23. The third-order valence-corrected chi connectivity index (χ3v) is 5.56. The van der Waals surface area contributed by atoms with Crippen LogP contribution in [0.2, 0.25) is 0 Å². The number of hydrogen-bond donors (Lipinski definition) is 0. The number of benzene rings is 4. The van der Waals surface area contributed by atoms with Crippen LogP contribution < -0.4 is 4.18 Å². The molecule has 0 fully saturated rings. The molecule has 6 heteroatoms. The summed E-state index contributed by atoms with van der Waals surface area (Å²) in [5, 5.41) is 1.93. The number of carbonyl (C=O) groups is 1. The molecular formula is C26H23NO4S. The third-order valence-electron chi connectivity index (χ3n) is 5.07. The van der Waals surface area contributed by atoms with Crippen molar-refractivity contribution in [3.05, 3.63) is 114 Å². The Kier molecular flexibility index (Phi) is 6.23. The van der Waals surface area contributed by atoms with Gasteiger partial charge in [0.05, 0.1) is 6.26 Å². The topological polar surface area (TPSA) is 63.7 Å². The van der Waals surface area contributed by atoms with E-state index < -0.39 is 10.1 Å². The lowest BCUT2D eigenvalue weighted by Crippen LogP contribution is -2.30. The van der Waals surface area contributed by atoms with E-state index >= 15 is 0 Å². The van der Waals surface area contributed by atoms with Crippen molar-refractivity contribution >= 4 is 26.8 Å². The van der Waals surface area contributed by atoms with E-state index in [0.29, 0.717) is 18.7 Å². The zero-order chi connectivity index (χ0) is 22.6. The molecule has 0 heterocycles. The van der Waals surface area contributed by atoms with Gasteiger partial charge in [-0.1, -0.05) is 78.9 Å². The van der Waals surface area contributed by atoms with E-state index in [1.54, 1.807) is 29.2 Å². The standard InChI is InChI=1S/C26H23NO4S/c1-32(29,30)31-23-16-14-21(15-17-23)19-27(18-20-8-3-2-4-9-20)26(28)25-13-7-11-22-10-5-6-12-24(22)25/h2-17H,18-19H2,1H3. The summed E-state index contributed by atoms with van der Waals surface area (Å²) in [6.45, 7) is 0.820. The SMILES string of the molecule is CS(=O)(=O)Oc1ccc(CN(Cc2ccccc2)C(=O)c2cccc3ccccc23)cc1. The van der Waals surface area contributed by atoms with Crippen LogP contribution in [0.25, 0.3) is 10.8 Å². The molecule has 162 valence electrons. The van der Waals surface area contributed by atoms with Gasteiger partial charge in [-0.15, -0.1) is 0 Å². The van der Waals surface area contributed by atoms with Crippen LogP contribution in [-0.2, 0) is 23.2 Å². The molecule has 0 aliphatic heterocycles. The van der Waals surface area contributed by atoms with Crippen LogP contribution in [-0.4, -0.2) is 25.5 Å². The number of amides is 1. The van der Waals surface area contributed by atoms with Crippen LogP contribution in [0.3, 0.4) is 0 Å². The average Bonchev–Trinajstić information content (AvgIpc) is 2.79. The normalized spacial score (nSPS) is 11.3. The quantitative estimate of drug-likeness (QED) is 0.375. The largest absolute Gasteiger partial charge is 0.383 e. The molecule has 0 N–H and O–H groups in total. The minimum Gasteiger partial charge on any atom is -0.383 e. The second kappa shape index (κ2) is 9.24. The zero-order valence-corrected chi connectivity index (χ0v) is 18.5. The molecule has 0 saturated heterocycles. The molecule has 0 saturated carbocycles. The fourth-order valence-electron chi connectivity index (χ4n) is 3.63. The lowest BCUT2D eigenvalue weighted by Gasteiger charge is -2.24. The number of hydrogen-bond acceptors (Lipinski definition) is 4. The van der Waals surface area contributed by atoms with Gasteiger partial charge < -0.3 is 9.08 Å². The Morgan fingerprint density at radius 3 is 2.03 bits per heavy atom. The van der Waals surface area contributed by atoms with Gasteiger partial charge in [-0.05, 0) is 40.1 Å². The van der Waals surface area contributed by atoms with Crippen LogP contribution >= 0.6 is 0 Å². The molecule has 0 radical (unpaired) electrons. The van der Waals surface area contributed by atoms with Gasteiger partial charge in [0, 0.05) is 18.7 Å². The molecule has 0 aliphatic carbocycles. The monoisotopic (exact) mass is 445 g/mol. The van der Waals surface area contributed by atoms with Crippen molar-refractivity contribution in [2.24, 2.45) is 0 Å². The fraction of sp³-hybridized carbons (Fsp3) is 0.115. The molecule has 5 nitrogen and oxygen atoms in total. The predicted molar refractivity (Wildman–Crippen MR) is 126 cm³/mol. The highest BCUT2D eigenvalue weighted by molar-refractivity contribution is 7.86. The van der Waals surface area contributed by atoms with Gasteiger partial charge in [-0.25, -0.2) is 0 Å². The van der Waals surface area contributed by atoms with Crippen LogP contribution in [0.4, 0.5) is 0 Å². The Balaban J connectivity index is 1.65. The molecule has 0 aliphatic rings. The maximum absolute atomic E-state index is 13.6. The third kappa shape index (κ3) is 5.34. The molecule has 4 rings (SSSR count). The van der Waals surface area contributed by atoms with E-state index in [1.165, 1.54) is 0 Å². The molecule has 0 unspecified atom stereocenters. The molecular weight excluding hydrogens is 422 g/mol. The first-order valence-electron chi connectivity index (χ1n) is 10.2. The van der Waals surface area contributed by atoms with E-state index in [4.69, 9.17) is 4.18 Å². The highest BCUT2D eigenvalue weighted by atomic mass is 32.2. The van der Waals surface area contributed by atoms with Gasteiger partial charge in [0.1, 0.15) is 5.75 Å². The Hall–Kier alpha value is -3.64. The van der Waals surface area contributed by atoms with Gasteiger partial charge >= 0.3 is 10.1 Å². The Labute approximate surface area is 188 Å². The molecule has 4 aromatic carbocycles. The van der Waals surface area contributed by atoms with Crippen LogP contribution in [0.5, 0.6) is 5.75 Å². The van der Waals surface area contributed by atoms with Crippen molar-refractivity contribution < 1.29 is 17.4 Å². The van der Waals surface area contributed by atoms with Crippen molar-refractivity contribution in [3.63, 3.8) is 0 Å². The first-order chi connectivity index (χ1) is 15.4. The van der Waals surface area contributed by atoms with Gasteiger partial charge in [-0.3, -0.25) is 4.79 Å². The first kappa shape index (κ1) is 21.6. The van der Waals surface area contributed by atoms with Crippen molar-refractivity contribution in [2.45, 2.75) is 13.1 Å². The minimum absolute atomic E-state index is 0.0675. The summed E-state index contributed by atoms with van der Waals surface area (Å²) in [6, 6.07) is 30.2. The summed E-state index contributed by atoms with van der Waals surface area (Å²) in [4.78, 5) is 15.4. The van der Waals surface area contributed by atoms with E-state index in [0.717, 1.165) is 28.2 Å². The summed E-state index contributed by atoms with van der Waals surface area (Å²) in [7, 11) is -3.59. The average molecular weight is 446 g/mol. The van der Waals surface area contributed by atoms with E-state index in [9.17, 15) is 13.2 Å². The Morgan fingerprint density at radius 2 is 1.34 bits per heavy atom. The lowest BCUT2D eigenvalue weighted by molar-refractivity contribution is 0.0732. The fourth-order valence-corrected chi connectivity index (χ4v) is 4.09. The number of rotatable bonds is 7. The summed E-state index contributed by atoms with van der Waals surface area (Å²) in [5.41, 5.74) is 2.55. The number of nitrogens with zero attached hydrogens (tertiary/aromatic N) is 1. The Morgan fingerprint density at radius 1 is 0.750 bits per heavy atom. The first-order valence-corrected chi connectivity index (χ1v) is 12.0. The smallest absolute Gasteiger partial charge is 0.306 e. The summed E-state index contributed by atoms with van der Waals surface area (Å²) in [5.74, 6) is 0.174. The number of carbonyl (C=O) groups excluding carboxylic acids is 1. The van der Waals surface area contributed by atoms with Gasteiger partial charge in [0.2, 0.25) is 0 Å². The van der Waals surface area contributed by atoms with E-state index in [2.05, 4.69) is 0 Å². The second-order valence-corrected chi connectivity index (χ2v) is 9.18. The van der Waals surface area contributed by atoms with Crippen LogP contribution in [0, 0.1) is 0 Å². The van der Waals surface area contributed by atoms with Crippen molar-refractivity contribution in [1.82, 2.24) is 4.90 Å². The molecule has 32 heavy (non-hydrogen) atoms. The maximum Gasteiger partial charge on any atom is 0.306 e. The molecule has 0 atom stereocenters. The van der Waals surface area contributed by atoms with Crippen LogP contribution in [0.1, 0.15) is 21.5 Å². The zero-order valence-electron chi connectivity index (χ0n) is 17.6. The predicted octanol–water partition coefficient (Wildman–Crippen LogP) is 5.02. The van der Waals surface area contributed by atoms with Crippen molar-refractivity contribution in [1.29, 1.82) is 0 Å². The van der Waals surface area contributed by atoms with Gasteiger partial charge in [0.25, 0.3) is 5.91 Å². The minimum atomic E-state index is -3.59. The number of fused-ring (bicyclic) bond motifs is 1. The summed E-state index contributed by atoms with van der Waals surface area (Å²) < 4.78 is 27.6. The van der Waals surface area contributed by atoms with Gasteiger partial charge in [0.15, 0.2) is 0 Å². The van der Waals surface area contributed by atoms with E-state index in [1.807, 2.05) is 72.8 Å².